The number of nitrogens with zero attached hydrogens (tertiary/aromatic N) is 3. The maximum Gasteiger partial charge on any atom is 0.191 e. The van der Waals surface area contributed by atoms with Gasteiger partial charge in [-0.15, -0.1) is 0 Å². The number of piperazine rings is 1. The molecule has 0 amide bonds. The van der Waals surface area contributed by atoms with Crippen molar-refractivity contribution in [3.05, 3.63) is 35.9 Å². The fourth-order valence-corrected chi connectivity index (χ4v) is 3.32. The second-order valence-electron chi connectivity index (χ2n) is 6.38. The lowest BCUT2D eigenvalue weighted by molar-refractivity contribution is 0.126. The lowest BCUT2D eigenvalue weighted by atomic mass is 10.2. The highest BCUT2D eigenvalue weighted by atomic mass is 32.2. The molecule has 0 spiro atoms. The third-order valence-corrected chi connectivity index (χ3v) is 5.09. The fourth-order valence-electron chi connectivity index (χ4n) is 3.01. The van der Waals surface area contributed by atoms with Crippen molar-refractivity contribution in [3.8, 4) is 0 Å². The predicted molar refractivity (Wildman–Crippen MR) is 111 cm³/mol. The van der Waals surface area contributed by atoms with Crippen molar-refractivity contribution in [2.75, 3.05) is 64.9 Å². The monoisotopic (exact) mass is 363 g/mol. The number of hydrogen-bond acceptors (Lipinski definition) is 4. The van der Waals surface area contributed by atoms with Gasteiger partial charge >= 0.3 is 0 Å². The minimum Gasteiger partial charge on any atom is -0.356 e. The van der Waals surface area contributed by atoms with Crippen LogP contribution in [-0.4, -0.2) is 80.6 Å². The van der Waals surface area contributed by atoms with Crippen LogP contribution in [0, 0.1) is 0 Å². The zero-order valence-corrected chi connectivity index (χ0v) is 16.5. The first-order valence-electron chi connectivity index (χ1n) is 9.24. The van der Waals surface area contributed by atoms with E-state index in [9.17, 15) is 0 Å². The summed E-state index contributed by atoms with van der Waals surface area (Å²) in [6.07, 6.45) is 3.28. The van der Waals surface area contributed by atoms with Crippen molar-refractivity contribution in [1.29, 1.82) is 0 Å². The molecule has 1 aliphatic rings. The van der Waals surface area contributed by atoms with E-state index in [0.717, 1.165) is 44.3 Å². The van der Waals surface area contributed by atoms with Gasteiger partial charge in [0.05, 0.1) is 0 Å². The number of benzene rings is 1. The molecule has 0 atom stereocenters. The summed E-state index contributed by atoms with van der Waals surface area (Å²) in [5.74, 6) is 2.02. The van der Waals surface area contributed by atoms with Gasteiger partial charge in [-0.25, -0.2) is 0 Å². The van der Waals surface area contributed by atoms with Crippen molar-refractivity contribution in [3.63, 3.8) is 0 Å². The van der Waals surface area contributed by atoms with Gasteiger partial charge in [0, 0.05) is 58.6 Å². The Hall–Kier alpha value is -1.24. The Morgan fingerprint density at radius 3 is 2.40 bits per heavy atom. The molecule has 2 rings (SSSR count). The van der Waals surface area contributed by atoms with Gasteiger partial charge in [0.25, 0.3) is 0 Å². The van der Waals surface area contributed by atoms with Crippen LogP contribution < -0.4 is 10.6 Å². The first-order valence-corrected chi connectivity index (χ1v) is 10.6. The molecule has 6 heteroatoms. The van der Waals surface area contributed by atoms with Crippen molar-refractivity contribution < 1.29 is 0 Å². The molecule has 2 N–H and O–H groups in total. The van der Waals surface area contributed by atoms with Crippen molar-refractivity contribution in [2.45, 2.75) is 13.0 Å². The summed E-state index contributed by atoms with van der Waals surface area (Å²) in [5.41, 5.74) is 1.42. The molecule has 0 bridgehead atoms. The van der Waals surface area contributed by atoms with Gasteiger partial charge in [0.15, 0.2) is 5.96 Å². The summed E-state index contributed by atoms with van der Waals surface area (Å²) in [4.78, 5) is 9.39. The number of thioether (sulfide) groups is 1. The van der Waals surface area contributed by atoms with Crippen LogP contribution in [0.4, 0.5) is 0 Å². The lowest BCUT2D eigenvalue weighted by Crippen LogP contribution is -2.46. The normalized spacial score (nSPS) is 16.8. The van der Waals surface area contributed by atoms with Gasteiger partial charge in [-0.3, -0.25) is 9.89 Å². The van der Waals surface area contributed by atoms with Crippen LogP contribution in [0.15, 0.2) is 35.3 Å². The van der Waals surface area contributed by atoms with E-state index in [0.29, 0.717) is 0 Å². The quantitative estimate of drug-likeness (QED) is 0.397. The Labute approximate surface area is 157 Å². The predicted octanol–water partition coefficient (Wildman–Crippen LogP) is 1.72. The summed E-state index contributed by atoms with van der Waals surface area (Å²) in [7, 11) is 1.83. The highest BCUT2D eigenvalue weighted by Crippen LogP contribution is 2.08. The van der Waals surface area contributed by atoms with E-state index in [4.69, 9.17) is 0 Å². The third-order valence-electron chi connectivity index (χ3n) is 4.48. The molecule has 25 heavy (non-hydrogen) atoms. The molecule has 1 aliphatic heterocycles. The molecule has 1 fully saturated rings. The van der Waals surface area contributed by atoms with Crippen LogP contribution in [-0.2, 0) is 6.54 Å². The molecule has 140 valence electrons. The van der Waals surface area contributed by atoms with Crippen molar-refractivity contribution in [1.82, 2.24) is 20.4 Å². The smallest absolute Gasteiger partial charge is 0.191 e. The van der Waals surface area contributed by atoms with Gasteiger partial charge in [0.1, 0.15) is 0 Å². The van der Waals surface area contributed by atoms with Crippen molar-refractivity contribution >= 4 is 17.7 Å². The third kappa shape index (κ3) is 8.12. The average molecular weight is 364 g/mol. The van der Waals surface area contributed by atoms with Crippen LogP contribution in [0.3, 0.4) is 0 Å². The van der Waals surface area contributed by atoms with Gasteiger partial charge < -0.3 is 15.5 Å². The summed E-state index contributed by atoms with van der Waals surface area (Å²) in [5, 5.41) is 6.74. The Kier molecular flexibility index (Phi) is 9.77. The molecule has 0 saturated carbocycles. The highest BCUT2D eigenvalue weighted by Gasteiger charge is 2.16. The zero-order valence-electron chi connectivity index (χ0n) is 15.7. The van der Waals surface area contributed by atoms with E-state index in [1.54, 1.807) is 0 Å². The van der Waals surface area contributed by atoms with Crippen LogP contribution in [0.25, 0.3) is 0 Å². The SMILES string of the molecule is CN=C(NCCCN1CCN(Cc2ccccc2)CC1)NCCSC. The minimum atomic E-state index is 0.918. The van der Waals surface area contributed by atoms with Gasteiger partial charge in [-0.2, -0.15) is 11.8 Å². The fraction of sp³-hybridized carbons (Fsp3) is 0.632. The summed E-state index contributed by atoms with van der Waals surface area (Å²) < 4.78 is 0. The molecule has 0 aromatic heterocycles. The molecule has 1 heterocycles. The van der Waals surface area contributed by atoms with E-state index in [2.05, 4.69) is 62.0 Å². The molecule has 0 unspecified atom stereocenters. The number of nitrogens with one attached hydrogen (secondary N) is 2. The maximum absolute atomic E-state index is 4.26. The molecule has 1 saturated heterocycles. The first kappa shape index (κ1) is 20.1. The number of rotatable bonds is 9. The van der Waals surface area contributed by atoms with Crippen molar-refractivity contribution in [2.24, 2.45) is 4.99 Å². The van der Waals surface area contributed by atoms with Gasteiger partial charge in [-0.05, 0) is 24.8 Å². The molecule has 0 aliphatic carbocycles. The van der Waals surface area contributed by atoms with E-state index >= 15 is 0 Å². The first-order chi connectivity index (χ1) is 12.3. The molecular formula is C19H33N5S. The Morgan fingerprint density at radius 2 is 1.72 bits per heavy atom. The number of guanidine groups is 1. The lowest BCUT2D eigenvalue weighted by Gasteiger charge is -2.34. The van der Waals surface area contributed by atoms with Crippen LogP contribution in [0.1, 0.15) is 12.0 Å². The van der Waals surface area contributed by atoms with Crippen LogP contribution in [0.5, 0.6) is 0 Å². The second kappa shape index (κ2) is 12.2. The molecule has 5 nitrogen and oxygen atoms in total. The average Bonchev–Trinajstić information content (AvgIpc) is 2.66. The molecule has 0 radical (unpaired) electrons. The largest absolute Gasteiger partial charge is 0.356 e. The number of hydrogen-bond donors (Lipinski definition) is 2. The summed E-state index contributed by atoms with van der Waals surface area (Å²) >= 11 is 1.85. The van der Waals surface area contributed by atoms with E-state index in [-0.39, 0.29) is 0 Å². The molecular weight excluding hydrogens is 330 g/mol. The van der Waals surface area contributed by atoms with E-state index in [1.165, 1.54) is 31.7 Å². The summed E-state index contributed by atoms with van der Waals surface area (Å²) in [6.45, 7) is 8.86. The summed E-state index contributed by atoms with van der Waals surface area (Å²) in [6, 6.07) is 10.8. The Bertz CT molecular complexity index is 486. The molecule has 1 aromatic carbocycles. The van der Waals surface area contributed by atoms with Gasteiger partial charge in [-0.1, -0.05) is 30.3 Å². The number of aliphatic imine (C=N–C) groups is 1. The van der Waals surface area contributed by atoms with E-state index < -0.39 is 0 Å². The Balaban J connectivity index is 1.55. The minimum absolute atomic E-state index is 0.918. The van der Waals surface area contributed by atoms with Gasteiger partial charge in [0.2, 0.25) is 0 Å². The standard InChI is InChI=1S/C19H33N5S/c1-20-19(22-10-16-25-2)21-9-6-11-23-12-14-24(15-13-23)17-18-7-4-3-5-8-18/h3-5,7-8H,6,9-17H2,1-2H3,(H2,20,21,22). The van der Waals surface area contributed by atoms with Crippen LogP contribution >= 0.6 is 11.8 Å². The van der Waals surface area contributed by atoms with E-state index in [1.807, 2.05) is 18.8 Å². The van der Waals surface area contributed by atoms with Crippen LogP contribution in [0.2, 0.25) is 0 Å². The maximum atomic E-state index is 4.26. The highest BCUT2D eigenvalue weighted by molar-refractivity contribution is 7.98. The Morgan fingerprint density at radius 1 is 1.04 bits per heavy atom. The molecule has 1 aromatic rings. The zero-order chi connectivity index (χ0) is 17.7. The second-order valence-corrected chi connectivity index (χ2v) is 7.36. The topological polar surface area (TPSA) is 42.9 Å².